The number of hydrogen-bond donors (Lipinski definition) is 3. The van der Waals surface area contributed by atoms with Crippen molar-refractivity contribution >= 4 is 39.5 Å². The van der Waals surface area contributed by atoms with Crippen molar-refractivity contribution in [2.45, 2.75) is 316 Å². The molecule has 0 aromatic heterocycles. The zero-order valence-corrected chi connectivity index (χ0v) is 66.4. The minimum atomic E-state index is -5.01. The molecule has 0 aromatic rings. The number of ether oxygens (including phenoxy) is 4. The summed E-state index contributed by atoms with van der Waals surface area (Å²) < 4.78 is 68.5. The van der Waals surface area contributed by atoms with E-state index in [-0.39, 0.29) is 25.7 Å². The molecule has 0 spiro atoms. The number of aliphatic hydroxyl groups is 1. The van der Waals surface area contributed by atoms with E-state index in [1.165, 1.54) is 64.2 Å². The average molecular weight is 1500 g/mol. The molecule has 19 heteroatoms. The molecule has 0 saturated heterocycles. The summed E-state index contributed by atoms with van der Waals surface area (Å²) in [7, 11) is -10.0. The summed E-state index contributed by atoms with van der Waals surface area (Å²) in [5.41, 5.74) is 0. The van der Waals surface area contributed by atoms with Crippen LogP contribution in [0.25, 0.3) is 0 Å². The first-order valence-electron chi connectivity index (χ1n) is 39.7. The first-order valence-corrected chi connectivity index (χ1v) is 42.7. The molecule has 0 aromatic carbocycles. The lowest BCUT2D eigenvalue weighted by Gasteiger charge is -2.21. The second kappa shape index (κ2) is 75.9. The summed E-state index contributed by atoms with van der Waals surface area (Å²) in [5.74, 6) is -2.32. The van der Waals surface area contributed by atoms with Crippen LogP contribution in [0.3, 0.4) is 0 Å². The number of allylic oxidation sites excluding steroid dienone is 26. The van der Waals surface area contributed by atoms with Crippen LogP contribution in [0.15, 0.2) is 158 Å². The van der Waals surface area contributed by atoms with Crippen LogP contribution in [-0.4, -0.2) is 96.7 Å². The second-order valence-corrected chi connectivity index (χ2v) is 28.8. The molecule has 0 amide bonds. The summed E-state index contributed by atoms with van der Waals surface area (Å²) in [5, 5.41) is 10.6. The summed E-state index contributed by atoms with van der Waals surface area (Å²) in [6.07, 6.45) is 88.1. The van der Waals surface area contributed by atoms with Gasteiger partial charge < -0.3 is 33.8 Å². The topological polar surface area (TPSA) is 237 Å². The smallest absolute Gasteiger partial charge is 0.462 e. The zero-order chi connectivity index (χ0) is 76.0. The van der Waals surface area contributed by atoms with Crippen LogP contribution >= 0.6 is 15.6 Å². The number of phosphoric acid groups is 2. The lowest BCUT2D eigenvalue weighted by atomic mass is 10.0. The molecule has 0 aliphatic rings. The van der Waals surface area contributed by atoms with Crippen molar-refractivity contribution in [1.29, 1.82) is 0 Å². The Bertz CT molecular complexity index is 2590. The van der Waals surface area contributed by atoms with Gasteiger partial charge in [0.25, 0.3) is 0 Å². The molecule has 0 bridgehead atoms. The highest BCUT2D eigenvalue weighted by Gasteiger charge is 2.30. The van der Waals surface area contributed by atoms with Gasteiger partial charge in [0.15, 0.2) is 12.2 Å². The third-order valence-corrected chi connectivity index (χ3v) is 17.9. The number of aliphatic hydroxyl groups excluding tert-OH is 1. The Kier molecular flexibility index (Phi) is 72.0. The summed E-state index contributed by atoms with van der Waals surface area (Å²) in [6.45, 7) is 4.39. The van der Waals surface area contributed by atoms with E-state index in [1.54, 1.807) is 0 Å². The SMILES string of the molecule is CC/C=C\C/C=C\C/C=C\C/C=C\C/C=C\CCCC(=O)OCC(COP(=O)(O)OCC(O)COP(=O)(O)OCC(COC(=O)CCCCCC/C=C\C/C=C\C/C=C\C/C=C\CC)OC(=O)CCCCCCCCCCCCCCCCC)OC(=O)CCCC/C=C\C/C=C\C/C=C\C/C=C\CC. The minimum absolute atomic E-state index is 0.0251. The number of unbranched alkanes of at least 4 members (excludes halogenated alkanes) is 21. The first kappa shape index (κ1) is 98.7. The van der Waals surface area contributed by atoms with Gasteiger partial charge in [-0.3, -0.25) is 37.3 Å². The zero-order valence-electron chi connectivity index (χ0n) is 64.6. The summed E-state index contributed by atoms with van der Waals surface area (Å²) in [6, 6.07) is 0. The molecule has 104 heavy (non-hydrogen) atoms. The molecule has 5 atom stereocenters. The maximum Gasteiger partial charge on any atom is 0.472 e. The number of hydrogen-bond acceptors (Lipinski definition) is 15. The molecule has 17 nitrogen and oxygen atoms in total. The second-order valence-electron chi connectivity index (χ2n) is 25.9. The van der Waals surface area contributed by atoms with Crippen LogP contribution in [0.2, 0.25) is 0 Å². The van der Waals surface area contributed by atoms with Crippen molar-refractivity contribution in [3.63, 3.8) is 0 Å². The van der Waals surface area contributed by atoms with Crippen LogP contribution in [0, 0.1) is 0 Å². The molecular weight excluding hydrogens is 1350 g/mol. The van der Waals surface area contributed by atoms with Gasteiger partial charge in [-0.1, -0.05) is 288 Å². The van der Waals surface area contributed by atoms with Crippen LogP contribution in [0.1, 0.15) is 297 Å². The molecular formula is C85H140O17P2. The van der Waals surface area contributed by atoms with Crippen molar-refractivity contribution in [3.05, 3.63) is 158 Å². The highest BCUT2D eigenvalue weighted by atomic mass is 31.2. The fourth-order valence-electron chi connectivity index (χ4n) is 10.1. The van der Waals surface area contributed by atoms with Crippen molar-refractivity contribution in [2.75, 3.05) is 39.6 Å². The Labute approximate surface area is 629 Å². The van der Waals surface area contributed by atoms with E-state index in [4.69, 9.17) is 37.0 Å². The van der Waals surface area contributed by atoms with Gasteiger partial charge in [-0.15, -0.1) is 0 Å². The molecule has 3 N–H and O–H groups in total. The Morgan fingerprint density at radius 3 is 0.827 bits per heavy atom. The fourth-order valence-corrected chi connectivity index (χ4v) is 11.6. The predicted octanol–water partition coefficient (Wildman–Crippen LogP) is 23.2. The molecule has 0 radical (unpaired) electrons. The van der Waals surface area contributed by atoms with E-state index in [2.05, 4.69) is 174 Å². The molecule has 592 valence electrons. The molecule has 0 rings (SSSR count). The molecule has 5 unspecified atom stereocenters. The van der Waals surface area contributed by atoms with Crippen molar-refractivity contribution in [1.82, 2.24) is 0 Å². The van der Waals surface area contributed by atoms with Crippen LogP contribution in [-0.2, 0) is 65.4 Å². The summed E-state index contributed by atoms with van der Waals surface area (Å²) >= 11 is 0. The summed E-state index contributed by atoms with van der Waals surface area (Å²) in [4.78, 5) is 73.0. The van der Waals surface area contributed by atoms with Gasteiger partial charge in [0, 0.05) is 25.7 Å². The normalized spacial score (nSPS) is 14.7. The maximum absolute atomic E-state index is 13.1. The Morgan fingerprint density at radius 1 is 0.279 bits per heavy atom. The fraction of sp³-hybridized carbons (Fsp3) is 0.647. The third kappa shape index (κ3) is 74.9. The number of esters is 4. The van der Waals surface area contributed by atoms with Crippen molar-refractivity contribution < 1.29 is 80.2 Å². The van der Waals surface area contributed by atoms with E-state index < -0.39 is 97.5 Å². The van der Waals surface area contributed by atoms with E-state index in [0.717, 1.165) is 141 Å². The Hall–Kier alpha value is -5.32. The van der Waals surface area contributed by atoms with Gasteiger partial charge >= 0.3 is 39.5 Å². The van der Waals surface area contributed by atoms with Crippen LogP contribution in [0.5, 0.6) is 0 Å². The Balaban J connectivity index is 5.47. The highest BCUT2D eigenvalue weighted by molar-refractivity contribution is 7.47. The molecule has 0 saturated carbocycles. The van der Waals surface area contributed by atoms with E-state index in [0.29, 0.717) is 38.5 Å². The van der Waals surface area contributed by atoms with Crippen molar-refractivity contribution in [3.8, 4) is 0 Å². The van der Waals surface area contributed by atoms with Crippen LogP contribution < -0.4 is 0 Å². The van der Waals surface area contributed by atoms with Gasteiger partial charge in [0.1, 0.15) is 19.3 Å². The van der Waals surface area contributed by atoms with Crippen molar-refractivity contribution in [2.24, 2.45) is 0 Å². The average Bonchev–Trinajstić information content (AvgIpc) is 0.937. The minimum Gasteiger partial charge on any atom is -0.462 e. The maximum atomic E-state index is 13.1. The molecule has 0 heterocycles. The number of phosphoric ester groups is 2. The van der Waals surface area contributed by atoms with Gasteiger partial charge in [0.2, 0.25) is 0 Å². The number of carbonyl (C=O) groups excluding carboxylic acids is 4. The Morgan fingerprint density at radius 2 is 0.510 bits per heavy atom. The molecule has 0 aliphatic heterocycles. The molecule has 0 fully saturated rings. The van der Waals surface area contributed by atoms with E-state index >= 15 is 0 Å². The number of carbonyl (C=O) groups is 4. The van der Waals surface area contributed by atoms with E-state index in [1.807, 2.05) is 12.2 Å². The third-order valence-electron chi connectivity index (χ3n) is 16.0. The van der Waals surface area contributed by atoms with Gasteiger partial charge in [0.05, 0.1) is 26.4 Å². The van der Waals surface area contributed by atoms with Gasteiger partial charge in [-0.05, 0) is 141 Å². The van der Waals surface area contributed by atoms with Gasteiger partial charge in [-0.25, -0.2) is 9.13 Å². The van der Waals surface area contributed by atoms with Crippen LogP contribution in [0.4, 0.5) is 0 Å². The highest BCUT2D eigenvalue weighted by Crippen LogP contribution is 2.45. The molecule has 0 aliphatic carbocycles. The predicted molar refractivity (Wildman–Crippen MR) is 427 cm³/mol. The lowest BCUT2D eigenvalue weighted by molar-refractivity contribution is -0.161. The lowest BCUT2D eigenvalue weighted by Crippen LogP contribution is -2.30. The number of rotatable bonds is 73. The van der Waals surface area contributed by atoms with E-state index in [9.17, 15) is 43.2 Å². The van der Waals surface area contributed by atoms with Gasteiger partial charge in [-0.2, -0.15) is 0 Å². The standard InChI is InChI=1S/C85H140O17P2/c1-5-9-13-17-21-25-29-33-37-39-43-45-49-53-57-61-65-69-82(87)95-75-80(101-84(89)71-67-63-59-55-51-47-41-35-31-27-23-19-15-11-7-3)77-99-103(91,92)97-73-79(86)74-98-104(93,94)100-78-81(102-85(90)72-68-64-60-56-52-48-42-36-32-28-24-20-16-12-8-4)76-96-83(88)70-66-62-58-54-50-46-44-40-38-34-30-26-22-18-14-10-6-2/h9-11,13-15,21-23,25-27,33-35,37-38,41,43-46,51,53,55,57,79-81,86H,5-8,12,16-20,24,28-32,36,39-40,42,47-50,52,54,56,58-78H2,1-4H3,(H,91,92)(H,93,94)/b13-9-,14-10-,15-11-,25-21-,26-22-,27-23-,37-33-,38-34-,41-35-,45-43-,46-44-,55-51-,57-53-. The largest absolute Gasteiger partial charge is 0.472 e. The quantitative estimate of drug-likeness (QED) is 0.0169. The first-order chi connectivity index (χ1) is 50.7. The monoisotopic (exact) mass is 1490 g/mol.